The molecule has 0 aliphatic heterocycles. The number of carboxylic acid groups (broad SMARTS) is 1. The topological polar surface area (TPSA) is 106 Å². The normalized spacial score (nSPS) is 11.3. The summed E-state index contributed by atoms with van der Waals surface area (Å²) in [7, 11) is 0. The van der Waals surface area contributed by atoms with Gasteiger partial charge in [0.1, 0.15) is 6.04 Å². The fourth-order valence-corrected chi connectivity index (χ4v) is 0.304. The van der Waals surface area contributed by atoms with E-state index in [9.17, 15) is 9.59 Å². The maximum Gasteiger partial charge on any atom is 0.321 e. The van der Waals surface area contributed by atoms with Gasteiger partial charge in [-0.2, -0.15) is 0 Å². The summed E-state index contributed by atoms with van der Waals surface area (Å²) in [5, 5.41) is 8.10. The molecule has 0 saturated carbocycles. The lowest BCUT2D eigenvalue weighted by Crippen LogP contribution is -2.34. The molecule has 0 spiro atoms. The number of nitrogens with two attached hydrogens (primary N) is 2. The van der Waals surface area contributed by atoms with Gasteiger partial charge in [0.2, 0.25) is 5.91 Å². The fourth-order valence-electron chi connectivity index (χ4n) is 0.304. The van der Waals surface area contributed by atoms with Crippen LogP contribution < -0.4 is 11.5 Å². The molecule has 1 amide bonds. The summed E-state index contributed by atoms with van der Waals surface area (Å²) in [6.45, 7) is 0. The summed E-state index contributed by atoms with van der Waals surface area (Å²) in [5.74, 6) is -1.92. The van der Waals surface area contributed by atoms with Crippen molar-refractivity contribution in [3.63, 3.8) is 0 Å². The summed E-state index contributed by atoms with van der Waals surface area (Å²) in [5.41, 5.74) is 9.57. The monoisotopic (exact) mass is 158 g/mol. The first-order valence-corrected chi connectivity index (χ1v) is 2.30. The minimum absolute atomic E-state index is 0. The van der Waals surface area contributed by atoms with E-state index in [-0.39, 0.29) is 29.5 Å². The molecule has 0 aromatic heterocycles. The zero-order valence-corrected chi connectivity index (χ0v) is 4.70. The summed E-state index contributed by atoms with van der Waals surface area (Å²) in [4.78, 5) is 19.9. The molecule has 5 nitrogen and oxygen atoms in total. The van der Waals surface area contributed by atoms with Crippen LogP contribution in [0.15, 0.2) is 0 Å². The van der Waals surface area contributed by atoms with Gasteiger partial charge in [-0.3, -0.25) is 9.59 Å². The van der Waals surface area contributed by atoms with Crippen LogP contribution in [-0.2, 0) is 9.59 Å². The van der Waals surface area contributed by atoms with Gasteiger partial charge in [-0.1, -0.05) is 0 Å². The van der Waals surface area contributed by atoms with Crippen molar-refractivity contribution in [2.24, 2.45) is 11.5 Å². The lowest BCUT2D eigenvalue weighted by Gasteiger charge is -1.99. The lowest BCUT2D eigenvalue weighted by molar-refractivity contribution is -0.140. The molecule has 0 heterocycles. The van der Waals surface area contributed by atoms with E-state index in [0.29, 0.717) is 0 Å². The van der Waals surface area contributed by atoms with Gasteiger partial charge in [-0.05, 0) is 0 Å². The maximum absolute atomic E-state index is 9.99. The highest BCUT2D eigenvalue weighted by Crippen LogP contribution is 1.84. The number of rotatable bonds is 3. The van der Waals surface area contributed by atoms with E-state index >= 15 is 0 Å². The molecule has 0 fully saturated rings. The second-order valence-electron chi connectivity index (χ2n) is 1.62. The highest BCUT2D eigenvalue weighted by atomic mass is 24.3. The number of aliphatic carboxylic acids is 1. The molecule has 0 radical (unpaired) electrons. The molecule has 0 rings (SSSR count). The number of primary amides is 1. The number of carbonyl (C=O) groups excluding carboxylic acids is 1. The molecule has 0 aromatic rings. The average Bonchev–Trinajstić information content (AvgIpc) is 1.63. The second-order valence-corrected chi connectivity index (χ2v) is 1.62. The molecule has 56 valence electrons. The van der Waals surface area contributed by atoms with Crippen LogP contribution in [0.3, 0.4) is 0 Å². The Balaban J connectivity index is 0. The Morgan fingerprint density at radius 3 is 2.00 bits per heavy atom. The van der Waals surface area contributed by atoms with Crippen LogP contribution in [0.25, 0.3) is 0 Å². The van der Waals surface area contributed by atoms with Crippen molar-refractivity contribution in [1.29, 1.82) is 0 Å². The Bertz CT molecular complexity index is 138. The Morgan fingerprint density at radius 2 is 1.90 bits per heavy atom. The molecule has 0 bridgehead atoms. The largest absolute Gasteiger partial charge is 0.480 e. The van der Waals surface area contributed by atoms with Crippen molar-refractivity contribution in [2.45, 2.75) is 12.5 Å². The van der Waals surface area contributed by atoms with Gasteiger partial charge < -0.3 is 16.6 Å². The van der Waals surface area contributed by atoms with Crippen molar-refractivity contribution in [2.75, 3.05) is 0 Å². The Kier molecular flexibility index (Phi) is 6.73. The second kappa shape index (κ2) is 5.45. The summed E-state index contributed by atoms with van der Waals surface area (Å²) < 4.78 is 0. The Morgan fingerprint density at radius 1 is 1.50 bits per heavy atom. The van der Waals surface area contributed by atoms with Gasteiger partial charge in [-0.25, -0.2) is 0 Å². The van der Waals surface area contributed by atoms with Crippen LogP contribution in [-0.4, -0.2) is 46.1 Å². The van der Waals surface area contributed by atoms with Crippen molar-refractivity contribution in [3.8, 4) is 0 Å². The molecule has 0 aliphatic rings. The van der Waals surface area contributed by atoms with Gasteiger partial charge >= 0.3 is 29.0 Å². The molecule has 5 N–H and O–H groups in total. The van der Waals surface area contributed by atoms with Crippen LogP contribution >= 0.6 is 0 Å². The van der Waals surface area contributed by atoms with Crippen LogP contribution in [0.5, 0.6) is 0 Å². The smallest absolute Gasteiger partial charge is 0.321 e. The van der Waals surface area contributed by atoms with Gasteiger partial charge in [0.15, 0.2) is 0 Å². The van der Waals surface area contributed by atoms with Crippen LogP contribution in [0, 0.1) is 0 Å². The number of amides is 1. The third-order valence-corrected chi connectivity index (χ3v) is 0.738. The van der Waals surface area contributed by atoms with Crippen molar-refractivity contribution >= 4 is 34.9 Å². The van der Waals surface area contributed by atoms with Gasteiger partial charge in [0.05, 0.1) is 6.42 Å². The summed E-state index contributed by atoms with van der Waals surface area (Å²) in [6, 6.07) is -1.16. The maximum atomic E-state index is 9.99. The minimum Gasteiger partial charge on any atom is -0.480 e. The van der Waals surface area contributed by atoms with Gasteiger partial charge in [-0.15, -0.1) is 0 Å². The first-order chi connectivity index (χ1) is 4.04. The van der Waals surface area contributed by atoms with Crippen molar-refractivity contribution in [3.05, 3.63) is 0 Å². The van der Waals surface area contributed by atoms with E-state index in [1.54, 1.807) is 0 Å². The van der Waals surface area contributed by atoms with Crippen LogP contribution in [0.2, 0.25) is 0 Å². The van der Waals surface area contributed by atoms with Crippen molar-refractivity contribution < 1.29 is 14.7 Å². The van der Waals surface area contributed by atoms with E-state index in [1.807, 2.05) is 0 Å². The predicted molar refractivity (Wildman–Crippen MR) is 38.0 cm³/mol. The molecular formula is C4H10MgN2O3. The lowest BCUT2D eigenvalue weighted by atomic mass is 10.2. The number of carboxylic acids is 1. The van der Waals surface area contributed by atoms with E-state index < -0.39 is 17.9 Å². The molecular weight excluding hydrogens is 148 g/mol. The standard InChI is InChI=1S/C4H8N2O3.Mg.2H/c5-2(4(8)9)1-3(6)7;;;/h2H,1,5H2,(H2,6,7)(H,8,9);;;/t2-;;;/m0.../s1. The quantitative estimate of drug-likeness (QED) is 0.390. The Labute approximate surface area is 73.9 Å². The van der Waals surface area contributed by atoms with E-state index in [0.717, 1.165) is 0 Å². The highest BCUT2D eigenvalue weighted by Gasteiger charge is 2.13. The average molecular weight is 158 g/mol. The molecule has 0 aromatic carbocycles. The SMILES string of the molecule is NC(=O)C[C@H](N)C(=O)O.[MgH2]. The van der Waals surface area contributed by atoms with Crippen LogP contribution in [0.4, 0.5) is 0 Å². The zero-order chi connectivity index (χ0) is 7.44. The molecule has 0 saturated heterocycles. The predicted octanol–water partition coefficient (Wildman–Crippen LogP) is -2.64. The van der Waals surface area contributed by atoms with Crippen LogP contribution in [0.1, 0.15) is 6.42 Å². The summed E-state index contributed by atoms with van der Waals surface area (Å²) in [6.07, 6.45) is -0.310. The molecule has 6 heteroatoms. The Hall–Kier alpha value is -0.334. The van der Waals surface area contributed by atoms with Crippen molar-refractivity contribution in [1.82, 2.24) is 0 Å². The third-order valence-electron chi connectivity index (χ3n) is 0.738. The fraction of sp³-hybridized carbons (Fsp3) is 0.500. The summed E-state index contributed by atoms with van der Waals surface area (Å²) >= 11 is 0. The highest BCUT2D eigenvalue weighted by molar-refractivity contribution is 5.83. The first-order valence-electron chi connectivity index (χ1n) is 2.30. The number of carbonyl (C=O) groups is 2. The molecule has 1 atom stereocenters. The molecule has 0 aliphatic carbocycles. The molecule has 10 heavy (non-hydrogen) atoms. The number of hydrogen-bond donors (Lipinski definition) is 3. The minimum atomic E-state index is -1.21. The van der Waals surface area contributed by atoms with Gasteiger partial charge in [0.25, 0.3) is 0 Å². The third kappa shape index (κ3) is 5.80. The van der Waals surface area contributed by atoms with E-state index in [4.69, 9.17) is 10.8 Å². The van der Waals surface area contributed by atoms with E-state index in [2.05, 4.69) is 5.73 Å². The van der Waals surface area contributed by atoms with E-state index in [1.165, 1.54) is 0 Å². The van der Waals surface area contributed by atoms with Gasteiger partial charge in [0, 0.05) is 0 Å². The zero-order valence-electron chi connectivity index (χ0n) is 4.70. The first kappa shape index (κ1) is 12.4. The molecule has 0 unspecified atom stereocenters. The number of hydrogen-bond acceptors (Lipinski definition) is 3.